The molecule has 2 rings (SSSR count). The highest BCUT2D eigenvalue weighted by atomic mass is 35.5. The molecule has 0 aliphatic heterocycles. The van der Waals surface area contributed by atoms with Gasteiger partial charge in [-0.15, -0.1) is 0 Å². The number of rotatable bonds is 4. The summed E-state index contributed by atoms with van der Waals surface area (Å²) in [6, 6.07) is 8.16. The van der Waals surface area contributed by atoms with E-state index >= 15 is 0 Å². The second-order valence-corrected chi connectivity index (χ2v) is 4.26. The van der Waals surface area contributed by atoms with Crippen molar-refractivity contribution >= 4 is 11.6 Å². The van der Waals surface area contributed by atoms with Crippen LogP contribution >= 0.6 is 11.6 Å². The first-order valence-electron chi connectivity index (χ1n) is 5.35. The molecule has 0 bridgehead atoms. The Morgan fingerprint density at radius 2 is 2.06 bits per heavy atom. The van der Waals surface area contributed by atoms with E-state index in [1.54, 1.807) is 6.07 Å². The third-order valence-electron chi connectivity index (χ3n) is 2.42. The summed E-state index contributed by atoms with van der Waals surface area (Å²) in [6.07, 6.45) is 0. The zero-order valence-electron chi connectivity index (χ0n) is 9.47. The summed E-state index contributed by atoms with van der Waals surface area (Å²) < 4.78 is 18.4. The second-order valence-electron chi connectivity index (χ2n) is 3.85. The zero-order chi connectivity index (χ0) is 12.3. The minimum absolute atomic E-state index is 0.278. The molecule has 0 radical (unpaired) electrons. The van der Waals surface area contributed by atoms with E-state index in [-0.39, 0.29) is 5.82 Å². The Bertz CT molecular complexity index is 510. The molecule has 0 aliphatic carbocycles. The molecule has 0 spiro atoms. The minimum atomic E-state index is -0.278. The van der Waals surface area contributed by atoms with Crippen LogP contribution in [0.15, 0.2) is 34.7 Å². The number of aryl methyl sites for hydroxylation is 1. The highest BCUT2D eigenvalue weighted by Crippen LogP contribution is 2.17. The highest BCUT2D eigenvalue weighted by molar-refractivity contribution is 6.31. The zero-order valence-corrected chi connectivity index (χ0v) is 10.2. The van der Waals surface area contributed by atoms with Crippen molar-refractivity contribution in [2.45, 2.75) is 20.0 Å². The predicted molar refractivity (Wildman–Crippen MR) is 65.4 cm³/mol. The van der Waals surface area contributed by atoms with Crippen molar-refractivity contribution in [3.8, 4) is 0 Å². The molecule has 90 valence electrons. The lowest BCUT2D eigenvalue weighted by molar-refractivity contribution is 0.461. The molecule has 0 aliphatic rings. The maximum absolute atomic E-state index is 13.0. The van der Waals surface area contributed by atoms with E-state index in [1.165, 1.54) is 12.1 Å². The molecule has 0 saturated heterocycles. The van der Waals surface area contributed by atoms with Gasteiger partial charge in [0.1, 0.15) is 17.3 Å². The molecular formula is C13H13ClFNO. The maximum Gasteiger partial charge on any atom is 0.123 e. The van der Waals surface area contributed by atoms with Crippen molar-refractivity contribution in [1.29, 1.82) is 0 Å². The lowest BCUT2D eigenvalue weighted by atomic mass is 10.2. The number of benzene rings is 1. The number of nitrogens with one attached hydrogen (secondary N) is 1. The van der Waals surface area contributed by atoms with Gasteiger partial charge in [-0.05, 0) is 42.8 Å². The van der Waals surface area contributed by atoms with Crippen molar-refractivity contribution < 1.29 is 8.81 Å². The normalized spacial score (nSPS) is 10.8. The van der Waals surface area contributed by atoms with Crippen molar-refractivity contribution in [1.82, 2.24) is 5.32 Å². The fraction of sp³-hybridized carbons (Fsp3) is 0.231. The average molecular weight is 254 g/mol. The van der Waals surface area contributed by atoms with Crippen LogP contribution in [0, 0.1) is 12.7 Å². The molecule has 0 unspecified atom stereocenters. The fourth-order valence-corrected chi connectivity index (χ4v) is 1.76. The SMILES string of the molecule is Cc1ccc(CNCc2cc(F)ccc2Cl)o1. The third kappa shape index (κ3) is 3.32. The van der Waals surface area contributed by atoms with Crippen molar-refractivity contribution in [3.05, 3.63) is 58.3 Å². The summed E-state index contributed by atoms with van der Waals surface area (Å²) in [5.74, 6) is 1.46. The molecule has 0 atom stereocenters. The van der Waals surface area contributed by atoms with Crippen LogP contribution in [-0.2, 0) is 13.1 Å². The van der Waals surface area contributed by atoms with Gasteiger partial charge in [0.05, 0.1) is 6.54 Å². The van der Waals surface area contributed by atoms with Gasteiger partial charge in [-0.1, -0.05) is 11.6 Å². The first-order chi connectivity index (χ1) is 8.15. The Labute approximate surface area is 104 Å². The first-order valence-corrected chi connectivity index (χ1v) is 5.73. The summed E-state index contributed by atoms with van der Waals surface area (Å²) in [5.41, 5.74) is 0.745. The molecule has 1 aromatic carbocycles. The minimum Gasteiger partial charge on any atom is -0.465 e. The van der Waals surface area contributed by atoms with Crippen LogP contribution in [0.3, 0.4) is 0 Å². The van der Waals surface area contributed by atoms with Gasteiger partial charge in [-0.2, -0.15) is 0 Å². The quantitative estimate of drug-likeness (QED) is 0.899. The van der Waals surface area contributed by atoms with E-state index in [9.17, 15) is 4.39 Å². The lowest BCUT2D eigenvalue weighted by Crippen LogP contribution is -2.12. The Balaban J connectivity index is 1.91. The van der Waals surface area contributed by atoms with E-state index in [0.717, 1.165) is 17.1 Å². The van der Waals surface area contributed by atoms with Crippen LogP contribution in [-0.4, -0.2) is 0 Å². The van der Waals surface area contributed by atoms with E-state index in [4.69, 9.17) is 16.0 Å². The van der Waals surface area contributed by atoms with Crippen LogP contribution in [0.4, 0.5) is 4.39 Å². The van der Waals surface area contributed by atoms with Crippen molar-refractivity contribution in [2.75, 3.05) is 0 Å². The molecule has 1 N–H and O–H groups in total. The molecule has 1 aromatic heterocycles. The number of hydrogen-bond donors (Lipinski definition) is 1. The van der Waals surface area contributed by atoms with Crippen LogP contribution < -0.4 is 5.32 Å². The summed E-state index contributed by atoms with van der Waals surface area (Å²) in [7, 11) is 0. The first kappa shape index (κ1) is 12.1. The topological polar surface area (TPSA) is 25.2 Å². The molecule has 4 heteroatoms. The van der Waals surface area contributed by atoms with Gasteiger partial charge in [0.25, 0.3) is 0 Å². The molecule has 2 nitrogen and oxygen atoms in total. The van der Waals surface area contributed by atoms with Gasteiger partial charge >= 0.3 is 0 Å². The molecule has 0 saturated carbocycles. The second kappa shape index (κ2) is 5.34. The fourth-order valence-electron chi connectivity index (χ4n) is 1.58. The standard InChI is InChI=1S/C13H13ClFNO/c1-9-2-4-12(17-9)8-16-7-10-6-11(15)3-5-13(10)14/h2-6,16H,7-8H2,1H3. The summed E-state index contributed by atoms with van der Waals surface area (Å²) in [6.45, 7) is 3.00. The number of furan rings is 1. The van der Waals surface area contributed by atoms with Gasteiger partial charge in [-0.3, -0.25) is 0 Å². The maximum atomic E-state index is 13.0. The van der Waals surface area contributed by atoms with Gasteiger partial charge in [0, 0.05) is 11.6 Å². The number of hydrogen-bond acceptors (Lipinski definition) is 2. The molecule has 0 amide bonds. The van der Waals surface area contributed by atoms with Gasteiger partial charge in [0.15, 0.2) is 0 Å². The van der Waals surface area contributed by atoms with Gasteiger partial charge < -0.3 is 9.73 Å². The highest BCUT2D eigenvalue weighted by Gasteiger charge is 2.03. The van der Waals surface area contributed by atoms with Gasteiger partial charge in [0.2, 0.25) is 0 Å². The average Bonchev–Trinajstić information content (AvgIpc) is 2.69. The summed E-state index contributed by atoms with van der Waals surface area (Å²) in [4.78, 5) is 0. The summed E-state index contributed by atoms with van der Waals surface area (Å²) in [5, 5.41) is 3.72. The Morgan fingerprint density at radius 1 is 1.24 bits per heavy atom. The largest absolute Gasteiger partial charge is 0.465 e. The van der Waals surface area contributed by atoms with Gasteiger partial charge in [-0.25, -0.2) is 4.39 Å². The molecule has 0 fully saturated rings. The third-order valence-corrected chi connectivity index (χ3v) is 2.79. The molecule has 2 aromatic rings. The summed E-state index contributed by atoms with van der Waals surface area (Å²) >= 11 is 5.95. The van der Waals surface area contributed by atoms with Crippen LogP contribution in [0.5, 0.6) is 0 Å². The molecule has 17 heavy (non-hydrogen) atoms. The van der Waals surface area contributed by atoms with Crippen LogP contribution in [0.2, 0.25) is 5.02 Å². The van der Waals surface area contributed by atoms with E-state index in [2.05, 4.69) is 5.32 Å². The number of halogens is 2. The van der Waals surface area contributed by atoms with E-state index in [1.807, 2.05) is 19.1 Å². The lowest BCUT2D eigenvalue weighted by Gasteiger charge is -2.05. The Morgan fingerprint density at radius 3 is 2.76 bits per heavy atom. The van der Waals surface area contributed by atoms with Crippen molar-refractivity contribution in [3.63, 3.8) is 0 Å². The Kier molecular flexibility index (Phi) is 3.82. The monoisotopic (exact) mass is 253 g/mol. The van der Waals surface area contributed by atoms with E-state index < -0.39 is 0 Å². The van der Waals surface area contributed by atoms with Crippen LogP contribution in [0.1, 0.15) is 17.1 Å². The smallest absolute Gasteiger partial charge is 0.123 e. The molecule has 1 heterocycles. The molecular weight excluding hydrogens is 241 g/mol. The van der Waals surface area contributed by atoms with E-state index in [0.29, 0.717) is 18.1 Å². The Hall–Kier alpha value is -1.32. The predicted octanol–water partition coefficient (Wildman–Crippen LogP) is 3.67. The van der Waals surface area contributed by atoms with Crippen LogP contribution in [0.25, 0.3) is 0 Å². The van der Waals surface area contributed by atoms with Crippen molar-refractivity contribution in [2.24, 2.45) is 0 Å².